The van der Waals surface area contributed by atoms with Crippen LogP contribution in [0.4, 0.5) is 0 Å². The molecule has 0 aliphatic carbocycles. The van der Waals surface area contributed by atoms with Crippen molar-refractivity contribution in [1.82, 2.24) is 9.97 Å². The van der Waals surface area contributed by atoms with E-state index in [1.807, 2.05) is 0 Å². The van der Waals surface area contributed by atoms with Crippen LogP contribution in [0.1, 0.15) is 16.3 Å². The summed E-state index contributed by atoms with van der Waals surface area (Å²) < 4.78 is 0.262. The lowest BCUT2D eigenvalue weighted by atomic mass is 10.3. The lowest BCUT2D eigenvalue weighted by molar-refractivity contribution is -0.117. The monoisotopic (exact) mass is 259 g/mol. The molecule has 1 aromatic heterocycles. The summed E-state index contributed by atoms with van der Waals surface area (Å²) in [6, 6.07) is 0. The Labute approximate surface area is 87.3 Å². The Morgan fingerprint density at radius 2 is 2.21 bits per heavy atom. The molecule has 74 valence electrons. The van der Waals surface area contributed by atoms with Crippen molar-refractivity contribution >= 4 is 27.8 Å². The summed E-state index contributed by atoms with van der Waals surface area (Å²) in [6.45, 7) is 0. The average molecular weight is 260 g/mol. The zero-order valence-corrected chi connectivity index (χ0v) is 8.48. The topological polar surface area (TPSA) is 106 Å². The zero-order valence-electron chi connectivity index (χ0n) is 6.90. The molecule has 3 N–H and O–H groups in total. The first kappa shape index (κ1) is 10.6. The Hall–Kier alpha value is -1.50. The maximum Gasteiger partial charge on any atom is 0.355 e. The van der Waals surface area contributed by atoms with Crippen molar-refractivity contribution < 1.29 is 14.7 Å². The van der Waals surface area contributed by atoms with E-state index < -0.39 is 11.9 Å². The summed E-state index contributed by atoms with van der Waals surface area (Å²) in [5.74, 6) is -1.70. The van der Waals surface area contributed by atoms with Crippen LogP contribution in [-0.2, 0) is 11.2 Å². The zero-order chi connectivity index (χ0) is 10.7. The van der Waals surface area contributed by atoms with Crippen molar-refractivity contribution in [1.29, 1.82) is 0 Å². The largest absolute Gasteiger partial charge is 0.476 e. The molecule has 7 heteroatoms. The molecule has 0 bridgehead atoms. The van der Waals surface area contributed by atoms with Crippen LogP contribution in [0, 0.1) is 0 Å². The second-order valence-corrected chi connectivity index (χ2v) is 3.29. The van der Waals surface area contributed by atoms with Crippen LogP contribution < -0.4 is 5.73 Å². The van der Waals surface area contributed by atoms with Crippen molar-refractivity contribution in [3.8, 4) is 0 Å². The minimum absolute atomic E-state index is 0.0955. The number of hydrogen-bond acceptors (Lipinski definition) is 4. The van der Waals surface area contributed by atoms with E-state index in [-0.39, 0.29) is 22.4 Å². The predicted molar refractivity (Wildman–Crippen MR) is 49.6 cm³/mol. The third-order valence-corrected chi connectivity index (χ3v) is 1.91. The first-order valence-electron chi connectivity index (χ1n) is 3.53. The number of aromatic nitrogens is 2. The molecule has 1 aromatic rings. The van der Waals surface area contributed by atoms with Gasteiger partial charge < -0.3 is 10.8 Å². The van der Waals surface area contributed by atoms with Crippen molar-refractivity contribution in [3.05, 3.63) is 22.2 Å². The normalized spacial score (nSPS) is 9.79. The number of nitrogens with zero attached hydrogens (tertiary/aromatic N) is 2. The van der Waals surface area contributed by atoms with E-state index in [1.165, 1.54) is 6.20 Å². The Morgan fingerprint density at radius 1 is 1.57 bits per heavy atom. The molecule has 0 atom stereocenters. The quantitative estimate of drug-likeness (QED) is 0.793. The van der Waals surface area contributed by atoms with Gasteiger partial charge >= 0.3 is 5.97 Å². The number of amides is 1. The first-order valence-corrected chi connectivity index (χ1v) is 4.33. The summed E-state index contributed by atoms with van der Waals surface area (Å²) in [5.41, 5.74) is 4.73. The minimum Gasteiger partial charge on any atom is -0.476 e. The van der Waals surface area contributed by atoms with Gasteiger partial charge in [0.25, 0.3) is 0 Å². The summed E-state index contributed by atoms with van der Waals surface area (Å²) in [5, 5.41) is 8.69. The van der Waals surface area contributed by atoms with E-state index >= 15 is 0 Å². The van der Waals surface area contributed by atoms with E-state index in [1.54, 1.807) is 0 Å². The van der Waals surface area contributed by atoms with Crippen molar-refractivity contribution in [2.45, 2.75) is 6.42 Å². The van der Waals surface area contributed by atoms with Gasteiger partial charge in [0.1, 0.15) is 5.82 Å². The summed E-state index contributed by atoms with van der Waals surface area (Å²) in [6.07, 6.45) is 1.10. The third kappa shape index (κ3) is 2.49. The molecule has 0 aliphatic heterocycles. The molecule has 0 saturated heterocycles. The van der Waals surface area contributed by atoms with Gasteiger partial charge in [-0.15, -0.1) is 0 Å². The van der Waals surface area contributed by atoms with Crippen LogP contribution >= 0.6 is 15.9 Å². The number of primary amides is 1. The molecule has 0 radical (unpaired) electrons. The van der Waals surface area contributed by atoms with Crippen LogP contribution in [0.2, 0.25) is 0 Å². The van der Waals surface area contributed by atoms with E-state index in [4.69, 9.17) is 10.8 Å². The number of carboxylic acid groups (broad SMARTS) is 1. The van der Waals surface area contributed by atoms with Gasteiger partial charge in [-0.05, 0) is 15.9 Å². The van der Waals surface area contributed by atoms with E-state index in [9.17, 15) is 9.59 Å². The number of carbonyl (C=O) groups is 2. The van der Waals surface area contributed by atoms with Gasteiger partial charge in [-0.3, -0.25) is 4.79 Å². The highest BCUT2D eigenvalue weighted by molar-refractivity contribution is 9.10. The second-order valence-electron chi connectivity index (χ2n) is 2.43. The Bertz CT molecular complexity index is 394. The fourth-order valence-corrected chi connectivity index (χ4v) is 1.16. The number of rotatable bonds is 3. The Balaban J connectivity index is 3.06. The van der Waals surface area contributed by atoms with Gasteiger partial charge in [-0.25, -0.2) is 14.8 Å². The lowest BCUT2D eigenvalue weighted by Crippen LogP contribution is -2.17. The molecule has 14 heavy (non-hydrogen) atoms. The Morgan fingerprint density at radius 3 is 2.71 bits per heavy atom. The molecule has 0 spiro atoms. The average Bonchev–Trinajstić information content (AvgIpc) is 2.07. The SMILES string of the molecule is NC(=O)Cc1ncc(Br)c(C(=O)O)n1. The molecule has 1 amide bonds. The van der Waals surface area contributed by atoms with E-state index in [0.29, 0.717) is 0 Å². The second kappa shape index (κ2) is 4.14. The number of carbonyl (C=O) groups excluding carboxylic acids is 1. The minimum atomic E-state index is -1.19. The molecular formula is C7H6BrN3O3. The third-order valence-electron chi connectivity index (χ3n) is 1.33. The van der Waals surface area contributed by atoms with E-state index in [2.05, 4.69) is 25.9 Å². The highest BCUT2D eigenvalue weighted by Crippen LogP contribution is 2.12. The molecule has 1 rings (SSSR count). The first-order chi connectivity index (χ1) is 6.50. The van der Waals surface area contributed by atoms with Crippen LogP contribution in [0.5, 0.6) is 0 Å². The van der Waals surface area contributed by atoms with Gasteiger partial charge in [0, 0.05) is 6.20 Å². The number of nitrogens with two attached hydrogens (primary N) is 1. The van der Waals surface area contributed by atoms with Crippen LogP contribution in [0.3, 0.4) is 0 Å². The molecule has 0 fully saturated rings. The molecule has 0 aliphatic rings. The van der Waals surface area contributed by atoms with Crippen LogP contribution in [-0.4, -0.2) is 27.0 Å². The number of halogens is 1. The molecule has 1 heterocycles. The van der Waals surface area contributed by atoms with Crippen molar-refractivity contribution in [2.24, 2.45) is 5.73 Å². The fourth-order valence-electron chi connectivity index (χ4n) is 0.795. The predicted octanol–water partition coefficient (Wildman–Crippen LogP) is -0.0349. The fraction of sp³-hybridized carbons (Fsp3) is 0.143. The van der Waals surface area contributed by atoms with Gasteiger partial charge in [0.15, 0.2) is 5.69 Å². The number of aromatic carboxylic acids is 1. The summed E-state index contributed by atoms with van der Waals surface area (Å²) in [7, 11) is 0. The smallest absolute Gasteiger partial charge is 0.355 e. The van der Waals surface area contributed by atoms with E-state index in [0.717, 1.165) is 0 Å². The maximum atomic E-state index is 10.6. The van der Waals surface area contributed by atoms with Crippen molar-refractivity contribution in [3.63, 3.8) is 0 Å². The molecular weight excluding hydrogens is 254 g/mol. The summed E-state index contributed by atoms with van der Waals surface area (Å²) >= 11 is 2.98. The van der Waals surface area contributed by atoms with Crippen LogP contribution in [0.25, 0.3) is 0 Å². The lowest BCUT2D eigenvalue weighted by Gasteiger charge is -2.00. The van der Waals surface area contributed by atoms with Gasteiger partial charge in [0.05, 0.1) is 10.9 Å². The van der Waals surface area contributed by atoms with Gasteiger partial charge in [-0.1, -0.05) is 0 Å². The van der Waals surface area contributed by atoms with Crippen LogP contribution in [0.15, 0.2) is 10.7 Å². The molecule has 0 saturated carbocycles. The summed E-state index contributed by atoms with van der Waals surface area (Å²) in [4.78, 5) is 28.5. The standard InChI is InChI=1S/C7H6BrN3O3/c8-3-2-10-5(1-4(9)12)11-6(3)7(13)14/h2H,1H2,(H2,9,12)(H,13,14). The Kier molecular flexibility index (Phi) is 3.13. The number of hydrogen-bond donors (Lipinski definition) is 2. The highest BCUT2D eigenvalue weighted by Gasteiger charge is 2.12. The van der Waals surface area contributed by atoms with Crippen molar-refractivity contribution in [2.75, 3.05) is 0 Å². The number of carboxylic acids is 1. The highest BCUT2D eigenvalue weighted by atomic mass is 79.9. The maximum absolute atomic E-state index is 10.6. The van der Waals surface area contributed by atoms with Gasteiger partial charge in [0.2, 0.25) is 5.91 Å². The molecule has 0 unspecified atom stereocenters. The molecule has 6 nitrogen and oxygen atoms in total. The van der Waals surface area contributed by atoms with Gasteiger partial charge in [-0.2, -0.15) is 0 Å². The molecule has 0 aromatic carbocycles.